The van der Waals surface area contributed by atoms with E-state index in [9.17, 15) is 10.2 Å². The molecule has 0 heterocycles. The average Bonchev–Trinajstić information content (AvgIpc) is 2.48. The summed E-state index contributed by atoms with van der Waals surface area (Å²) in [6, 6.07) is 7.97. The highest BCUT2D eigenvalue weighted by molar-refractivity contribution is 5.21. The van der Waals surface area contributed by atoms with Gasteiger partial charge in [-0.05, 0) is 24.0 Å². The normalized spacial score (nSPS) is 14.2. The Morgan fingerprint density at radius 2 is 1.15 bits per heavy atom. The molecule has 2 unspecified atom stereocenters. The first-order valence-electron chi connectivity index (χ1n) is 7.25. The molecule has 0 bridgehead atoms. The van der Waals surface area contributed by atoms with E-state index in [1.807, 2.05) is 38.1 Å². The lowest BCUT2D eigenvalue weighted by atomic mass is 10.1. The van der Waals surface area contributed by atoms with E-state index in [-0.39, 0.29) is 12.2 Å². The first kappa shape index (κ1) is 17.1. The minimum absolute atomic E-state index is 0.371. The van der Waals surface area contributed by atoms with E-state index in [4.69, 9.17) is 9.47 Å². The van der Waals surface area contributed by atoms with Crippen LogP contribution in [0.1, 0.15) is 37.8 Å². The van der Waals surface area contributed by atoms with Crippen LogP contribution in [0.3, 0.4) is 0 Å². The van der Waals surface area contributed by atoms with Crippen molar-refractivity contribution in [2.24, 2.45) is 0 Å². The fraction of sp³-hybridized carbons (Fsp3) is 0.625. The number of ether oxygens (including phenoxy) is 2. The summed E-state index contributed by atoms with van der Waals surface area (Å²) in [7, 11) is 0. The molecule has 0 fully saturated rings. The van der Waals surface area contributed by atoms with Gasteiger partial charge in [-0.3, -0.25) is 0 Å². The van der Waals surface area contributed by atoms with E-state index in [0.29, 0.717) is 39.3 Å². The number of aliphatic hydroxyl groups excluding tert-OH is 2. The van der Waals surface area contributed by atoms with Crippen molar-refractivity contribution >= 4 is 0 Å². The molecule has 0 radical (unpaired) electrons. The molecule has 1 aromatic rings. The van der Waals surface area contributed by atoms with Crippen LogP contribution in [0.15, 0.2) is 24.3 Å². The third-order valence-corrected chi connectivity index (χ3v) is 3.12. The van der Waals surface area contributed by atoms with E-state index >= 15 is 0 Å². The van der Waals surface area contributed by atoms with Gasteiger partial charge in [0.15, 0.2) is 0 Å². The topological polar surface area (TPSA) is 58.9 Å². The van der Waals surface area contributed by atoms with Crippen molar-refractivity contribution in [2.75, 3.05) is 13.2 Å². The fourth-order valence-corrected chi connectivity index (χ4v) is 1.59. The van der Waals surface area contributed by atoms with Crippen LogP contribution in [0.5, 0.6) is 0 Å². The van der Waals surface area contributed by atoms with Crippen LogP contribution in [0.25, 0.3) is 0 Å². The maximum atomic E-state index is 9.38. The zero-order valence-corrected chi connectivity index (χ0v) is 12.4. The van der Waals surface area contributed by atoms with Crippen LogP contribution < -0.4 is 0 Å². The highest BCUT2D eigenvalue weighted by Crippen LogP contribution is 2.08. The molecular formula is C16H26O4. The van der Waals surface area contributed by atoms with Gasteiger partial charge < -0.3 is 19.7 Å². The Bertz CT molecular complexity index is 315. The Balaban J connectivity index is 2.26. The van der Waals surface area contributed by atoms with Crippen molar-refractivity contribution in [1.82, 2.24) is 0 Å². The van der Waals surface area contributed by atoms with Crippen molar-refractivity contribution < 1.29 is 19.7 Å². The molecule has 1 aromatic carbocycles. The summed E-state index contributed by atoms with van der Waals surface area (Å²) >= 11 is 0. The summed E-state index contributed by atoms with van der Waals surface area (Å²) < 4.78 is 10.9. The Morgan fingerprint density at radius 3 is 1.45 bits per heavy atom. The summed E-state index contributed by atoms with van der Waals surface area (Å²) in [5.74, 6) is 0. The second-order valence-electron chi connectivity index (χ2n) is 4.97. The van der Waals surface area contributed by atoms with Gasteiger partial charge in [0.05, 0.1) is 38.6 Å². The molecule has 0 saturated heterocycles. The summed E-state index contributed by atoms with van der Waals surface area (Å²) in [5, 5.41) is 18.8. The van der Waals surface area contributed by atoms with Gasteiger partial charge in [-0.25, -0.2) is 0 Å². The summed E-state index contributed by atoms with van der Waals surface area (Å²) in [6.07, 6.45) is 0.653. The van der Waals surface area contributed by atoms with Gasteiger partial charge in [0.2, 0.25) is 0 Å². The van der Waals surface area contributed by atoms with Crippen molar-refractivity contribution in [3.8, 4) is 0 Å². The maximum Gasteiger partial charge on any atom is 0.0771 e. The molecule has 0 aliphatic heterocycles. The second-order valence-corrected chi connectivity index (χ2v) is 4.97. The van der Waals surface area contributed by atoms with Crippen molar-refractivity contribution in [2.45, 2.75) is 52.1 Å². The van der Waals surface area contributed by atoms with Gasteiger partial charge >= 0.3 is 0 Å². The van der Waals surface area contributed by atoms with E-state index in [1.54, 1.807) is 0 Å². The predicted octanol–water partition coefficient (Wildman–Crippen LogP) is 2.26. The monoisotopic (exact) mass is 282 g/mol. The average molecular weight is 282 g/mol. The minimum atomic E-state index is -0.382. The molecule has 0 amide bonds. The molecule has 114 valence electrons. The van der Waals surface area contributed by atoms with Crippen molar-refractivity contribution in [3.05, 3.63) is 35.4 Å². The Kier molecular flexibility index (Phi) is 8.46. The molecular weight excluding hydrogens is 256 g/mol. The maximum absolute atomic E-state index is 9.38. The van der Waals surface area contributed by atoms with Crippen LogP contribution in [0.2, 0.25) is 0 Å². The van der Waals surface area contributed by atoms with Gasteiger partial charge in [0, 0.05) is 0 Å². The van der Waals surface area contributed by atoms with E-state index in [0.717, 1.165) is 11.1 Å². The zero-order chi connectivity index (χ0) is 14.8. The molecule has 0 aromatic heterocycles. The van der Waals surface area contributed by atoms with Crippen LogP contribution in [-0.2, 0) is 22.7 Å². The lowest BCUT2D eigenvalue weighted by Gasteiger charge is -2.10. The Morgan fingerprint density at radius 1 is 0.800 bits per heavy atom. The largest absolute Gasteiger partial charge is 0.391 e. The highest BCUT2D eigenvalue weighted by atomic mass is 16.5. The Labute approximate surface area is 121 Å². The standard InChI is InChI=1S/C16H26O4/c1-3-15(17)11-19-9-13-5-7-14(8-6-13)10-20-12-16(18)4-2/h5-8,15-18H,3-4,9-12H2,1-2H3. The van der Waals surface area contributed by atoms with Crippen LogP contribution in [0, 0.1) is 0 Å². The second kappa shape index (κ2) is 9.88. The van der Waals surface area contributed by atoms with Gasteiger partial charge in [0.25, 0.3) is 0 Å². The molecule has 1 rings (SSSR count). The zero-order valence-electron chi connectivity index (χ0n) is 12.4. The number of aliphatic hydroxyl groups is 2. The van der Waals surface area contributed by atoms with E-state index < -0.39 is 0 Å². The molecule has 20 heavy (non-hydrogen) atoms. The molecule has 0 aliphatic rings. The molecule has 0 saturated carbocycles. The smallest absolute Gasteiger partial charge is 0.0771 e. The van der Waals surface area contributed by atoms with E-state index in [1.165, 1.54) is 0 Å². The summed E-state index contributed by atoms with van der Waals surface area (Å²) in [6.45, 7) is 5.61. The number of hydrogen-bond donors (Lipinski definition) is 2. The van der Waals surface area contributed by atoms with Crippen LogP contribution in [-0.4, -0.2) is 35.6 Å². The number of rotatable bonds is 10. The first-order chi connectivity index (χ1) is 9.65. The van der Waals surface area contributed by atoms with Crippen LogP contribution in [0.4, 0.5) is 0 Å². The summed E-state index contributed by atoms with van der Waals surface area (Å²) in [4.78, 5) is 0. The molecule has 0 spiro atoms. The highest BCUT2D eigenvalue weighted by Gasteiger charge is 2.02. The fourth-order valence-electron chi connectivity index (χ4n) is 1.59. The van der Waals surface area contributed by atoms with Gasteiger partial charge in [0.1, 0.15) is 0 Å². The first-order valence-corrected chi connectivity index (χ1v) is 7.25. The molecule has 4 heteroatoms. The van der Waals surface area contributed by atoms with Gasteiger partial charge in [-0.15, -0.1) is 0 Å². The van der Waals surface area contributed by atoms with Gasteiger partial charge in [-0.1, -0.05) is 38.1 Å². The Hall–Kier alpha value is -0.940. The third-order valence-electron chi connectivity index (χ3n) is 3.12. The number of hydrogen-bond acceptors (Lipinski definition) is 4. The quantitative estimate of drug-likeness (QED) is 0.691. The van der Waals surface area contributed by atoms with Crippen molar-refractivity contribution in [3.63, 3.8) is 0 Å². The third kappa shape index (κ3) is 7.01. The minimum Gasteiger partial charge on any atom is -0.391 e. The SMILES string of the molecule is CCC(O)COCc1ccc(COCC(O)CC)cc1. The summed E-state index contributed by atoms with van der Waals surface area (Å²) in [5.41, 5.74) is 2.15. The lowest BCUT2D eigenvalue weighted by Crippen LogP contribution is -2.14. The van der Waals surface area contributed by atoms with Crippen molar-refractivity contribution in [1.29, 1.82) is 0 Å². The molecule has 0 aliphatic carbocycles. The van der Waals surface area contributed by atoms with E-state index in [2.05, 4.69) is 0 Å². The molecule has 2 N–H and O–H groups in total. The molecule has 4 nitrogen and oxygen atoms in total. The van der Waals surface area contributed by atoms with Gasteiger partial charge in [-0.2, -0.15) is 0 Å². The predicted molar refractivity (Wildman–Crippen MR) is 78.3 cm³/mol. The molecule has 2 atom stereocenters. The lowest BCUT2D eigenvalue weighted by molar-refractivity contribution is 0.0259. The van der Waals surface area contributed by atoms with Crippen LogP contribution >= 0.6 is 0 Å². The number of benzene rings is 1.